The van der Waals surface area contributed by atoms with E-state index in [9.17, 15) is 14.4 Å². The number of rotatable bonds is 7. The van der Waals surface area contributed by atoms with Gasteiger partial charge in [-0.25, -0.2) is 0 Å². The largest absolute Gasteiger partial charge is 0.355 e. The van der Waals surface area contributed by atoms with Crippen LogP contribution in [-0.4, -0.2) is 24.3 Å². The Bertz CT molecular complexity index is 648. The molecule has 0 heterocycles. The molecule has 1 aromatic rings. The molecule has 0 bridgehead atoms. The van der Waals surface area contributed by atoms with Crippen molar-refractivity contribution in [2.24, 2.45) is 11.8 Å². The lowest BCUT2D eigenvalue weighted by atomic mass is 10.2. The number of hydrogen-bond donors (Lipinski definition) is 3. The predicted molar refractivity (Wildman–Crippen MR) is 93.9 cm³/mol. The van der Waals surface area contributed by atoms with Crippen molar-refractivity contribution >= 4 is 40.7 Å². The Kier molecular flexibility index (Phi) is 6.20. The number of anilines is 2. The Morgan fingerprint density at radius 3 is 2.54 bits per heavy atom. The standard InChI is InChI=1S/C17H22ClN3O3/c1-3-15(22)20-11-4-5-13(18)14(9-11)21-16(23)6-7-19-17(24)12-8-10(12)2/h4-5,9-10,12H,3,6-8H2,1-2H3,(H,19,24)(H,20,22)(H,21,23). The van der Waals surface area contributed by atoms with Crippen molar-refractivity contribution in [3.8, 4) is 0 Å². The van der Waals surface area contributed by atoms with Crippen LogP contribution >= 0.6 is 11.6 Å². The first kappa shape index (κ1) is 18.3. The SMILES string of the molecule is CCC(=O)Nc1ccc(Cl)c(NC(=O)CCNC(=O)C2CC2C)c1. The number of carbonyl (C=O) groups is 3. The molecule has 0 spiro atoms. The van der Waals surface area contributed by atoms with Gasteiger partial charge >= 0.3 is 0 Å². The van der Waals surface area contributed by atoms with Crippen LogP contribution in [0.5, 0.6) is 0 Å². The van der Waals surface area contributed by atoms with E-state index < -0.39 is 0 Å². The van der Waals surface area contributed by atoms with Crippen LogP contribution in [0.25, 0.3) is 0 Å². The predicted octanol–water partition coefficient (Wildman–Crippen LogP) is 2.79. The summed E-state index contributed by atoms with van der Waals surface area (Å²) in [5.74, 6) is 0.185. The van der Waals surface area contributed by atoms with Gasteiger partial charge < -0.3 is 16.0 Å². The molecule has 0 aromatic heterocycles. The number of hydrogen-bond acceptors (Lipinski definition) is 3. The Labute approximate surface area is 146 Å². The second-order valence-corrected chi connectivity index (χ2v) is 6.41. The third-order valence-electron chi connectivity index (χ3n) is 3.94. The van der Waals surface area contributed by atoms with E-state index >= 15 is 0 Å². The van der Waals surface area contributed by atoms with Crippen LogP contribution in [0.4, 0.5) is 11.4 Å². The highest BCUT2D eigenvalue weighted by Crippen LogP contribution is 2.37. The minimum absolute atomic E-state index is 0.0117. The molecule has 3 amide bonds. The Morgan fingerprint density at radius 2 is 1.92 bits per heavy atom. The fraction of sp³-hybridized carbons (Fsp3) is 0.471. The summed E-state index contributed by atoms with van der Waals surface area (Å²) in [6.07, 6.45) is 1.45. The Morgan fingerprint density at radius 1 is 1.21 bits per heavy atom. The minimum Gasteiger partial charge on any atom is -0.355 e. The fourth-order valence-electron chi connectivity index (χ4n) is 2.28. The van der Waals surface area contributed by atoms with Crippen molar-refractivity contribution in [3.05, 3.63) is 23.2 Å². The normalized spacial score (nSPS) is 18.6. The van der Waals surface area contributed by atoms with Gasteiger partial charge in [0.05, 0.1) is 10.7 Å². The summed E-state index contributed by atoms with van der Waals surface area (Å²) >= 11 is 6.06. The molecule has 0 aliphatic heterocycles. The molecule has 130 valence electrons. The molecule has 2 atom stereocenters. The molecule has 7 heteroatoms. The average molecular weight is 352 g/mol. The van der Waals surface area contributed by atoms with Gasteiger partial charge in [-0.2, -0.15) is 0 Å². The molecule has 2 rings (SSSR count). The first-order chi connectivity index (χ1) is 11.4. The molecule has 1 aliphatic carbocycles. The van der Waals surface area contributed by atoms with Gasteiger partial charge in [0.15, 0.2) is 0 Å². The maximum absolute atomic E-state index is 12.0. The molecule has 1 aliphatic rings. The highest BCUT2D eigenvalue weighted by molar-refractivity contribution is 6.33. The van der Waals surface area contributed by atoms with Crippen molar-refractivity contribution in [2.45, 2.75) is 33.1 Å². The van der Waals surface area contributed by atoms with Gasteiger partial charge in [-0.1, -0.05) is 25.4 Å². The smallest absolute Gasteiger partial charge is 0.226 e. The van der Waals surface area contributed by atoms with Gasteiger partial charge in [0, 0.05) is 31.0 Å². The van der Waals surface area contributed by atoms with Crippen molar-refractivity contribution < 1.29 is 14.4 Å². The molecule has 1 fully saturated rings. The number of nitrogens with one attached hydrogen (secondary N) is 3. The Balaban J connectivity index is 1.83. The van der Waals surface area contributed by atoms with E-state index in [4.69, 9.17) is 11.6 Å². The molecule has 1 saturated carbocycles. The third-order valence-corrected chi connectivity index (χ3v) is 4.27. The second-order valence-electron chi connectivity index (χ2n) is 6.01. The molecule has 2 unspecified atom stereocenters. The lowest BCUT2D eigenvalue weighted by molar-refractivity contribution is -0.122. The van der Waals surface area contributed by atoms with Crippen LogP contribution in [0.1, 0.15) is 33.1 Å². The van der Waals surface area contributed by atoms with Crippen LogP contribution in [-0.2, 0) is 14.4 Å². The summed E-state index contributed by atoms with van der Waals surface area (Å²) in [4.78, 5) is 35.1. The zero-order chi connectivity index (χ0) is 17.7. The molecule has 0 radical (unpaired) electrons. The molecule has 24 heavy (non-hydrogen) atoms. The summed E-state index contributed by atoms with van der Waals surface area (Å²) in [6.45, 7) is 4.08. The molecular weight excluding hydrogens is 330 g/mol. The van der Waals surface area contributed by atoms with E-state index in [1.54, 1.807) is 25.1 Å². The zero-order valence-corrected chi connectivity index (χ0v) is 14.6. The van der Waals surface area contributed by atoms with Crippen molar-refractivity contribution in [1.29, 1.82) is 0 Å². The number of halogens is 1. The van der Waals surface area contributed by atoms with Gasteiger partial charge in [-0.05, 0) is 30.5 Å². The monoisotopic (exact) mass is 351 g/mol. The van der Waals surface area contributed by atoms with Gasteiger partial charge in [0.1, 0.15) is 0 Å². The van der Waals surface area contributed by atoms with Crippen LogP contribution in [0.3, 0.4) is 0 Å². The summed E-state index contributed by atoms with van der Waals surface area (Å²) < 4.78 is 0. The Hall–Kier alpha value is -2.08. The van der Waals surface area contributed by atoms with Crippen molar-refractivity contribution in [2.75, 3.05) is 17.2 Å². The fourth-order valence-corrected chi connectivity index (χ4v) is 2.44. The molecule has 1 aromatic carbocycles. The van der Waals surface area contributed by atoms with E-state index in [0.717, 1.165) is 6.42 Å². The van der Waals surface area contributed by atoms with Crippen LogP contribution < -0.4 is 16.0 Å². The number of carbonyl (C=O) groups excluding carboxylic acids is 3. The van der Waals surface area contributed by atoms with Crippen molar-refractivity contribution in [1.82, 2.24) is 5.32 Å². The first-order valence-electron chi connectivity index (χ1n) is 8.07. The summed E-state index contributed by atoms with van der Waals surface area (Å²) in [6, 6.07) is 4.89. The quantitative estimate of drug-likeness (QED) is 0.705. The number of benzene rings is 1. The van der Waals surface area contributed by atoms with E-state index in [2.05, 4.69) is 16.0 Å². The highest BCUT2D eigenvalue weighted by Gasteiger charge is 2.38. The topological polar surface area (TPSA) is 87.3 Å². The minimum atomic E-state index is -0.250. The highest BCUT2D eigenvalue weighted by atomic mass is 35.5. The zero-order valence-electron chi connectivity index (χ0n) is 13.8. The summed E-state index contributed by atoms with van der Waals surface area (Å²) in [7, 11) is 0. The van der Waals surface area contributed by atoms with Gasteiger partial charge in [-0.3, -0.25) is 14.4 Å². The lowest BCUT2D eigenvalue weighted by Crippen LogP contribution is -2.29. The van der Waals surface area contributed by atoms with Crippen LogP contribution in [0.2, 0.25) is 5.02 Å². The third kappa shape index (κ3) is 5.23. The number of amides is 3. The summed E-state index contributed by atoms with van der Waals surface area (Å²) in [5.41, 5.74) is 0.996. The van der Waals surface area contributed by atoms with Crippen LogP contribution in [0, 0.1) is 11.8 Å². The van der Waals surface area contributed by atoms with Gasteiger partial charge in [0.25, 0.3) is 0 Å². The maximum atomic E-state index is 12.0. The maximum Gasteiger partial charge on any atom is 0.226 e. The van der Waals surface area contributed by atoms with Gasteiger partial charge in [-0.15, -0.1) is 0 Å². The van der Waals surface area contributed by atoms with E-state index in [-0.39, 0.29) is 36.6 Å². The lowest BCUT2D eigenvalue weighted by Gasteiger charge is -2.11. The van der Waals surface area contributed by atoms with Crippen molar-refractivity contribution in [3.63, 3.8) is 0 Å². The van der Waals surface area contributed by atoms with Gasteiger partial charge in [0.2, 0.25) is 17.7 Å². The van der Waals surface area contributed by atoms with E-state index in [1.165, 1.54) is 0 Å². The molecule has 0 saturated heterocycles. The summed E-state index contributed by atoms with van der Waals surface area (Å²) in [5, 5.41) is 8.55. The molecular formula is C17H22ClN3O3. The van der Waals surface area contributed by atoms with Crippen LogP contribution in [0.15, 0.2) is 18.2 Å². The first-order valence-corrected chi connectivity index (χ1v) is 8.45. The van der Waals surface area contributed by atoms with E-state index in [0.29, 0.717) is 28.7 Å². The second kappa shape index (κ2) is 8.15. The average Bonchev–Trinajstić information content (AvgIpc) is 3.27. The van der Waals surface area contributed by atoms with E-state index in [1.807, 2.05) is 6.92 Å². The molecule has 6 nitrogen and oxygen atoms in total. The molecule has 3 N–H and O–H groups in total.